The van der Waals surface area contributed by atoms with Crippen molar-refractivity contribution in [3.05, 3.63) is 48.6 Å². The van der Waals surface area contributed by atoms with E-state index >= 15 is 0 Å². The molecule has 0 unspecified atom stereocenters. The second kappa shape index (κ2) is 6.66. The summed E-state index contributed by atoms with van der Waals surface area (Å²) in [6.07, 6.45) is 22.0. The van der Waals surface area contributed by atoms with Crippen molar-refractivity contribution in [2.75, 3.05) is 0 Å². The largest absolute Gasteiger partial charge is 0.0879 e. The molecule has 0 saturated heterocycles. The topological polar surface area (TPSA) is 0 Å². The molecule has 0 nitrogen and oxygen atoms in total. The number of hydrogen-bond donors (Lipinski definition) is 0. The summed E-state index contributed by atoms with van der Waals surface area (Å²) in [7, 11) is 0. The van der Waals surface area contributed by atoms with Crippen LogP contribution in [0.1, 0.15) is 25.7 Å². The lowest BCUT2D eigenvalue weighted by atomic mass is 10.2. The van der Waals surface area contributed by atoms with Crippen LogP contribution in [0.25, 0.3) is 0 Å². The van der Waals surface area contributed by atoms with E-state index in [-0.39, 0.29) is 0 Å². The van der Waals surface area contributed by atoms with Crippen molar-refractivity contribution in [2.45, 2.75) is 25.7 Å². The van der Waals surface area contributed by atoms with Crippen LogP contribution in [0.15, 0.2) is 48.6 Å². The van der Waals surface area contributed by atoms with E-state index in [0.29, 0.717) is 0 Å². The molecular formula is C12H16. The smallest absolute Gasteiger partial charge is 0.0166 e. The van der Waals surface area contributed by atoms with Crippen LogP contribution >= 0.6 is 0 Å². The summed E-state index contributed by atoms with van der Waals surface area (Å²) < 4.78 is 0. The van der Waals surface area contributed by atoms with Gasteiger partial charge in [-0.15, -0.1) is 0 Å². The normalized spacial score (nSPS) is 26.7. The maximum atomic E-state index is 2.25. The van der Waals surface area contributed by atoms with Crippen LogP contribution in [-0.2, 0) is 0 Å². The van der Waals surface area contributed by atoms with Crippen molar-refractivity contribution in [2.24, 2.45) is 0 Å². The monoisotopic (exact) mass is 160 g/mol. The predicted octanol–water partition coefficient (Wildman–Crippen LogP) is 3.79. The van der Waals surface area contributed by atoms with Gasteiger partial charge in [0, 0.05) is 0 Å². The van der Waals surface area contributed by atoms with E-state index in [2.05, 4.69) is 48.6 Å². The molecule has 0 N–H and O–H groups in total. The highest BCUT2D eigenvalue weighted by Gasteiger charge is 1.77. The molecule has 0 atom stereocenters. The Morgan fingerprint density at radius 1 is 0.500 bits per heavy atom. The van der Waals surface area contributed by atoms with Gasteiger partial charge in [-0.25, -0.2) is 0 Å². The Bertz CT molecular complexity index is 204. The first-order chi connectivity index (χ1) is 6.00. The molecule has 12 heavy (non-hydrogen) atoms. The van der Waals surface area contributed by atoms with Gasteiger partial charge in [0.1, 0.15) is 0 Å². The third-order valence-corrected chi connectivity index (χ3v) is 1.76. The summed E-state index contributed by atoms with van der Waals surface area (Å²) in [4.78, 5) is 0. The fourth-order valence-corrected chi connectivity index (χ4v) is 1.09. The van der Waals surface area contributed by atoms with Crippen LogP contribution in [0.5, 0.6) is 0 Å². The van der Waals surface area contributed by atoms with E-state index in [4.69, 9.17) is 0 Å². The van der Waals surface area contributed by atoms with Gasteiger partial charge in [-0.1, -0.05) is 48.6 Å². The highest BCUT2D eigenvalue weighted by Crippen LogP contribution is 1.98. The lowest BCUT2D eigenvalue weighted by Crippen LogP contribution is -1.67. The molecule has 0 fully saturated rings. The summed E-state index contributed by atoms with van der Waals surface area (Å²) in [6, 6.07) is 0. The van der Waals surface area contributed by atoms with Gasteiger partial charge in [-0.05, 0) is 25.7 Å². The zero-order chi connectivity index (χ0) is 8.49. The minimum absolute atomic E-state index is 1.05. The maximum absolute atomic E-state index is 2.25. The molecule has 0 saturated carbocycles. The Morgan fingerprint density at radius 3 is 2.00 bits per heavy atom. The van der Waals surface area contributed by atoms with Crippen LogP contribution in [0.3, 0.4) is 0 Å². The van der Waals surface area contributed by atoms with Crippen LogP contribution < -0.4 is 0 Å². The van der Waals surface area contributed by atoms with Crippen LogP contribution in [0.2, 0.25) is 0 Å². The molecule has 0 bridgehead atoms. The molecule has 1 aliphatic carbocycles. The molecule has 1 aliphatic rings. The van der Waals surface area contributed by atoms with Gasteiger partial charge in [-0.3, -0.25) is 0 Å². The molecule has 64 valence electrons. The molecule has 0 heteroatoms. The summed E-state index contributed by atoms with van der Waals surface area (Å²) in [5, 5.41) is 0. The van der Waals surface area contributed by atoms with Crippen molar-refractivity contribution >= 4 is 0 Å². The fourth-order valence-electron chi connectivity index (χ4n) is 1.09. The first kappa shape index (κ1) is 9.05. The predicted molar refractivity (Wildman–Crippen MR) is 55.0 cm³/mol. The van der Waals surface area contributed by atoms with Crippen molar-refractivity contribution < 1.29 is 0 Å². The van der Waals surface area contributed by atoms with Crippen molar-refractivity contribution in [3.8, 4) is 0 Å². The van der Waals surface area contributed by atoms with E-state index in [1.54, 1.807) is 0 Å². The van der Waals surface area contributed by atoms with Crippen molar-refractivity contribution in [3.63, 3.8) is 0 Å². The average Bonchev–Trinajstić information content (AvgIpc) is 2.05. The van der Waals surface area contributed by atoms with E-state index < -0.39 is 0 Å². The summed E-state index contributed by atoms with van der Waals surface area (Å²) >= 11 is 0. The van der Waals surface area contributed by atoms with Crippen LogP contribution in [0.4, 0.5) is 0 Å². The molecule has 0 spiro atoms. The van der Waals surface area contributed by atoms with Crippen LogP contribution in [-0.4, -0.2) is 0 Å². The van der Waals surface area contributed by atoms with Gasteiger partial charge < -0.3 is 0 Å². The average molecular weight is 160 g/mol. The zero-order valence-electron chi connectivity index (χ0n) is 7.45. The van der Waals surface area contributed by atoms with Crippen molar-refractivity contribution in [1.29, 1.82) is 0 Å². The fraction of sp³-hybridized carbons (Fsp3) is 0.333. The molecule has 0 aromatic carbocycles. The van der Waals surface area contributed by atoms with Gasteiger partial charge in [0.2, 0.25) is 0 Å². The molecule has 0 aliphatic heterocycles. The quantitative estimate of drug-likeness (QED) is 0.473. The summed E-state index contributed by atoms with van der Waals surface area (Å²) in [6.45, 7) is 0. The first-order valence-corrected chi connectivity index (χ1v) is 4.62. The standard InChI is InChI=1S/C12H16/c1-2-4-6-8-10-12-11-9-7-5-3-1/h1-4,7,9-10,12H,5-6,8,11H2/b3-1+,4-2?,9-7+,12-10-. The summed E-state index contributed by atoms with van der Waals surface area (Å²) in [5.74, 6) is 0. The second-order valence-corrected chi connectivity index (χ2v) is 2.85. The minimum Gasteiger partial charge on any atom is -0.0879 e. The second-order valence-electron chi connectivity index (χ2n) is 2.85. The molecular weight excluding hydrogens is 144 g/mol. The third kappa shape index (κ3) is 4.73. The zero-order valence-corrected chi connectivity index (χ0v) is 7.45. The number of rotatable bonds is 0. The van der Waals surface area contributed by atoms with E-state index in [9.17, 15) is 0 Å². The highest BCUT2D eigenvalue weighted by molar-refractivity contribution is 5.06. The molecule has 1 rings (SSSR count). The molecule has 0 radical (unpaired) electrons. The Balaban J connectivity index is 2.41. The van der Waals surface area contributed by atoms with Crippen molar-refractivity contribution in [1.82, 2.24) is 0 Å². The SMILES string of the molecule is C1=CCC/C=C\C/C=C/C/C=C/1. The maximum Gasteiger partial charge on any atom is -0.0166 e. The Labute approximate surface area is 75.0 Å². The van der Waals surface area contributed by atoms with Gasteiger partial charge in [0.15, 0.2) is 0 Å². The minimum atomic E-state index is 1.05. The Kier molecular flexibility index (Phi) is 5.02. The van der Waals surface area contributed by atoms with Gasteiger partial charge in [-0.2, -0.15) is 0 Å². The first-order valence-electron chi connectivity index (χ1n) is 4.62. The lowest BCUT2D eigenvalue weighted by Gasteiger charge is -1.88. The van der Waals surface area contributed by atoms with E-state index in [0.717, 1.165) is 25.7 Å². The molecule has 0 heterocycles. The number of allylic oxidation sites excluding steroid dienone is 8. The van der Waals surface area contributed by atoms with E-state index in [1.807, 2.05) is 0 Å². The highest BCUT2D eigenvalue weighted by atomic mass is 13.8. The number of hydrogen-bond acceptors (Lipinski definition) is 0. The van der Waals surface area contributed by atoms with Crippen LogP contribution in [0, 0.1) is 0 Å². The lowest BCUT2D eigenvalue weighted by molar-refractivity contribution is 1.04. The Morgan fingerprint density at radius 2 is 1.08 bits per heavy atom. The van der Waals surface area contributed by atoms with Gasteiger partial charge >= 0.3 is 0 Å². The Hall–Kier alpha value is -1.04. The molecule has 0 amide bonds. The summed E-state index contributed by atoms with van der Waals surface area (Å²) in [5.41, 5.74) is 0. The molecule has 0 aromatic rings. The van der Waals surface area contributed by atoms with E-state index in [1.165, 1.54) is 0 Å². The van der Waals surface area contributed by atoms with Gasteiger partial charge in [0.05, 0.1) is 0 Å². The van der Waals surface area contributed by atoms with Gasteiger partial charge in [0.25, 0.3) is 0 Å². The molecule has 0 aromatic heterocycles. The third-order valence-electron chi connectivity index (χ3n) is 1.76.